The van der Waals surface area contributed by atoms with Gasteiger partial charge in [0, 0.05) is 24.8 Å². The molecule has 1 N–H and O–H groups in total. The van der Waals surface area contributed by atoms with Gasteiger partial charge in [-0.15, -0.1) is 11.8 Å². The van der Waals surface area contributed by atoms with Crippen LogP contribution in [0, 0.1) is 20.8 Å². The van der Waals surface area contributed by atoms with Crippen LogP contribution in [0.25, 0.3) is 0 Å². The van der Waals surface area contributed by atoms with Crippen LogP contribution >= 0.6 is 11.8 Å². The van der Waals surface area contributed by atoms with Crippen molar-refractivity contribution in [1.82, 2.24) is 10.2 Å². The molecule has 3 aromatic rings. The summed E-state index contributed by atoms with van der Waals surface area (Å²) in [5, 5.41) is 3.14. The number of thioether (sulfide) groups is 1. The molecule has 0 unspecified atom stereocenters. The SMILES string of the molecule is CC[C@@H](C)NC(=O)[C@H](Cc1ccccc1)N(Cc1ccccc1C)C(=O)CSCc1cc(C)cc(C)c1. The molecule has 0 aliphatic heterocycles. The van der Waals surface area contributed by atoms with Gasteiger partial charge in [-0.2, -0.15) is 0 Å². The summed E-state index contributed by atoms with van der Waals surface area (Å²) >= 11 is 1.61. The van der Waals surface area contributed by atoms with Crippen molar-refractivity contribution < 1.29 is 9.59 Å². The van der Waals surface area contributed by atoms with E-state index in [1.807, 2.05) is 55.5 Å². The minimum Gasteiger partial charge on any atom is -0.352 e. The Hall–Kier alpha value is -3.05. The number of carbonyl (C=O) groups is 2. The topological polar surface area (TPSA) is 49.4 Å². The highest BCUT2D eigenvalue weighted by molar-refractivity contribution is 7.99. The molecule has 0 aliphatic rings. The van der Waals surface area contributed by atoms with E-state index in [9.17, 15) is 9.59 Å². The molecule has 196 valence electrons. The lowest BCUT2D eigenvalue weighted by molar-refractivity contribution is -0.139. The number of amides is 2. The van der Waals surface area contributed by atoms with Crippen LogP contribution in [0.5, 0.6) is 0 Å². The molecule has 0 heterocycles. The molecule has 0 aliphatic carbocycles. The van der Waals surface area contributed by atoms with Crippen molar-refractivity contribution in [3.63, 3.8) is 0 Å². The average molecular weight is 517 g/mol. The number of nitrogens with zero attached hydrogens (tertiary/aromatic N) is 1. The van der Waals surface area contributed by atoms with Crippen molar-refractivity contribution in [3.05, 3.63) is 106 Å². The van der Waals surface area contributed by atoms with Gasteiger partial charge in [0.15, 0.2) is 0 Å². The third-order valence-corrected chi connectivity index (χ3v) is 7.64. The number of aryl methyl sites for hydroxylation is 3. The highest BCUT2D eigenvalue weighted by atomic mass is 32.2. The minimum absolute atomic E-state index is 0.0159. The lowest BCUT2D eigenvalue weighted by atomic mass is 10.0. The first-order valence-electron chi connectivity index (χ1n) is 13.1. The number of hydrogen-bond donors (Lipinski definition) is 1. The molecule has 3 rings (SSSR count). The molecular weight excluding hydrogens is 476 g/mol. The van der Waals surface area contributed by atoms with Crippen molar-refractivity contribution in [1.29, 1.82) is 0 Å². The van der Waals surface area contributed by atoms with E-state index in [1.54, 1.807) is 16.7 Å². The van der Waals surface area contributed by atoms with Crippen molar-refractivity contribution in [2.45, 2.75) is 71.8 Å². The van der Waals surface area contributed by atoms with E-state index < -0.39 is 6.04 Å². The first-order valence-corrected chi connectivity index (χ1v) is 14.3. The van der Waals surface area contributed by atoms with Gasteiger partial charge in [0.2, 0.25) is 11.8 Å². The Kier molecular flexibility index (Phi) is 10.8. The van der Waals surface area contributed by atoms with Crippen molar-refractivity contribution in [2.24, 2.45) is 0 Å². The Bertz CT molecular complexity index is 1160. The Morgan fingerprint density at radius 2 is 1.54 bits per heavy atom. The molecule has 0 spiro atoms. The summed E-state index contributed by atoms with van der Waals surface area (Å²) in [6, 6.07) is 24.0. The second-order valence-corrected chi connectivity index (χ2v) is 10.9. The molecule has 0 aromatic heterocycles. The van der Waals surface area contributed by atoms with Crippen molar-refractivity contribution in [2.75, 3.05) is 5.75 Å². The molecule has 0 saturated heterocycles. The molecule has 0 bridgehead atoms. The average Bonchev–Trinajstić information content (AvgIpc) is 2.87. The molecule has 0 radical (unpaired) electrons. The Morgan fingerprint density at radius 1 is 0.892 bits per heavy atom. The van der Waals surface area contributed by atoms with Gasteiger partial charge in [-0.05, 0) is 56.4 Å². The standard InChI is InChI=1S/C32H40N2O2S/c1-6-26(5)33-32(36)30(19-27-13-8-7-9-14-27)34(20-29-15-11-10-12-25(29)4)31(35)22-37-21-28-17-23(2)16-24(3)18-28/h7-18,26,30H,6,19-22H2,1-5H3,(H,33,36)/t26-,30+/m1/s1. The second kappa shape index (κ2) is 14.0. The van der Waals surface area contributed by atoms with Crippen LogP contribution < -0.4 is 5.32 Å². The van der Waals surface area contributed by atoms with Gasteiger partial charge in [-0.3, -0.25) is 9.59 Å². The van der Waals surface area contributed by atoms with E-state index in [1.165, 1.54) is 16.7 Å². The molecule has 2 atom stereocenters. The highest BCUT2D eigenvalue weighted by Gasteiger charge is 2.31. The van der Waals surface area contributed by atoms with E-state index in [2.05, 4.69) is 57.3 Å². The highest BCUT2D eigenvalue weighted by Crippen LogP contribution is 2.21. The third-order valence-electron chi connectivity index (χ3n) is 6.65. The Labute approximate surface area is 226 Å². The maximum absolute atomic E-state index is 13.8. The fourth-order valence-corrected chi connectivity index (χ4v) is 5.30. The van der Waals surface area contributed by atoms with E-state index in [-0.39, 0.29) is 17.9 Å². The Balaban J connectivity index is 1.87. The van der Waals surface area contributed by atoms with Gasteiger partial charge < -0.3 is 10.2 Å². The smallest absolute Gasteiger partial charge is 0.243 e. The van der Waals surface area contributed by atoms with Crippen molar-refractivity contribution in [3.8, 4) is 0 Å². The maximum atomic E-state index is 13.8. The predicted octanol–water partition coefficient (Wildman–Crippen LogP) is 6.40. The fourth-order valence-electron chi connectivity index (χ4n) is 4.46. The van der Waals surface area contributed by atoms with Crippen LogP contribution in [0.3, 0.4) is 0 Å². The normalized spacial score (nSPS) is 12.6. The summed E-state index contributed by atoms with van der Waals surface area (Å²) in [6.45, 7) is 10.7. The third kappa shape index (κ3) is 8.78. The second-order valence-electron chi connectivity index (χ2n) is 9.96. The molecule has 37 heavy (non-hydrogen) atoms. The number of carbonyl (C=O) groups excluding carboxylic acids is 2. The van der Waals surface area contributed by atoms with Crippen LogP contribution in [0.2, 0.25) is 0 Å². The molecule has 5 heteroatoms. The summed E-state index contributed by atoms with van der Waals surface area (Å²) in [7, 11) is 0. The van der Waals surface area contributed by atoms with Crippen LogP contribution in [0.1, 0.15) is 53.6 Å². The summed E-state index contributed by atoms with van der Waals surface area (Å²) in [5.74, 6) is 0.965. The van der Waals surface area contributed by atoms with Crippen LogP contribution in [0.4, 0.5) is 0 Å². The zero-order chi connectivity index (χ0) is 26.8. The van der Waals surface area contributed by atoms with E-state index in [0.29, 0.717) is 18.7 Å². The zero-order valence-corrected chi connectivity index (χ0v) is 23.6. The van der Waals surface area contributed by atoms with Gasteiger partial charge in [0.25, 0.3) is 0 Å². The molecule has 2 amide bonds. The lowest BCUT2D eigenvalue weighted by Gasteiger charge is -2.32. The predicted molar refractivity (Wildman–Crippen MR) is 156 cm³/mol. The summed E-state index contributed by atoms with van der Waals surface area (Å²) in [5.41, 5.74) is 6.89. The molecule has 0 fully saturated rings. The number of hydrogen-bond acceptors (Lipinski definition) is 3. The van der Waals surface area contributed by atoms with E-state index in [0.717, 1.165) is 28.9 Å². The Morgan fingerprint density at radius 3 is 2.19 bits per heavy atom. The van der Waals surface area contributed by atoms with Crippen LogP contribution in [-0.4, -0.2) is 34.6 Å². The summed E-state index contributed by atoms with van der Waals surface area (Å²) < 4.78 is 0. The fraction of sp³-hybridized carbons (Fsp3) is 0.375. The van der Waals surface area contributed by atoms with E-state index >= 15 is 0 Å². The van der Waals surface area contributed by atoms with Crippen LogP contribution in [0.15, 0.2) is 72.8 Å². The maximum Gasteiger partial charge on any atom is 0.243 e. The summed E-state index contributed by atoms with van der Waals surface area (Å²) in [6.07, 6.45) is 1.31. The van der Waals surface area contributed by atoms with E-state index in [4.69, 9.17) is 0 Å². The number of rotatable bonds is 12. The van der Waals surface area contributed by atoms with Crippen molar-refractivity contribution >= 4 is 23.6 Å². The zero-order valence-electron chi connectivity index (χ0n) is 22.8. The largest absolute Gasteiger partial charge is 0.352 e. The van der Waals surface area contributed by atoms with Gasteiger partial charge in [0.1, 0.15) is 6.04 Å². The van der Waals surface area contributed by atoms with Gasteiger partial charge >= 0.3 is 0 Å². The molecule has 3 aromatic carbocycles. The number of benzene rings is 3. The minimum atomic E-state index is -0.592. The molecule has 4 nitrogen and oxygen atoms in total. The van der Waals surface area contributed by atoms with Gasteiger partial charge in [-0.1, -0.05) is 90.8 Å². The van der Waals surface area contributed by atoms with Gasteiger partial charge in [-0.25, -0.2) is 0 Å². The van der Waals surface area contributed by atoms with Gasteiger partial charge in [0.05, 0.1) is 5.75 Å². The summed E-state index contributed by atoms with van der Waals surface area (Å²) in [4.78, 5) is 29.2. The lowest BCUT2D eigenvalue weighted by Crippen LogP contribution is -2.52. The quantitative estimate of drug-likeness (QED) is 0.303. The first-order chi connectivity index (χ1) is 17.8. The number of nitrogens with one attached hydrogen (secondary N) is 1. The molecule has 0 saturated carbocycles. The molecular formula is C32H40N2O2S. The first kappa shape index (κ1) is 28.5. The monoisotopic (exact) mass is 516 g/mol. The van der Waals surface area contributed by atoms with Crippen LogP contribution in [-0.2, 0) is 28.3 Å².